The van der Waals surface area contributed by atoms with E-state index < -0.39 is 5.91 Å². The highest BCUT2D eigenvalue weighted by atomic mass is 16.5. The number of amides is 3. The molecule has 3 amide bonds. The van der Waals surface area contributed by atoms with Crippen LogP contribution in [0.1, 0.15) is 49.7 Å². The van der Waals surface area contributed by atoms with Crippen LogP contribution in [-0.4, -0.2) is 34.4 Å². The number of nitrogens with one attached hydrogen (secondary N) is 1. The van der Waals surface area contributed by atoms with Gasteiger partial charge in [0.1, 0.15) is 0 Å². The first-order valence-corrected chi connectivity index (χ1v) is 8.56. The van der Waals surface area contributed by atoms with Crippen LogP contribution >= 0.6 is 0 Å². The highest BCUT2D eigenvalue weighted by molar-refractivity contribution is 6.15. The molecular formula is C19H24N2O4. The van der Waals surface area contributed by atoms with Crippen molar-refractivity contribution in [1.82, 2.24) is 10.4 Å². The summed E-state index contributed by atoms with van der Waals surface area (Å²) >= 11 is 0. The zero-order valence-electron chi connectivity index (χ0n) is 14.5. The largest absolute Gasteiger partial charge is 0.289 e. The van der Waals surface area contributed by atoms with Gasteiger partial charge in [-0.05, 0) is 37.0 Å². The molecule has 1 heterocycles. The highest BCUT2D eigenvalue weighted by Gasteiger charge is 2.33. The van der Waals surface area contributed by atoms with Crippen molar-refractivity contribution in [3.05, 3.63) is 41.0 Å². The van der Waals surface area contributed by atoms with Crippen molar-refractivity contribution in [2.24, 2.45) is 0 Å². The third-order valence-electron chi connectivity index (χ3n) is 4.34. The fourth-order valence-corrected chi connectivity index (χ4v) is 2.86. The summed E-state index contributed by atoms with van der Waals surface area (Å²) in [5.41, 5.74) is 4.17. The van der Waals surface area contributed by atoms with Crippen molar-refractivity contribution in [2.75, 3.05) is 6.54 Å². The lowest BCUT2D eigenvalue weighted by Crippen LogP contribution is -2.30. The van der Waals surface area contributed by atoms with Gasteiger partial charge in [0, 0.05) is 18.5 Å². The van der Waals surface area contributed by atoms with Gasteiger partial charge in [0.2, 0.25) is 11.8 Å². The minimum absolute atomic E-state index is 0.149. The Morgan fingerprint density at radius 1 is 1.20 bits per heavy atom. The standard InChI is InChI=1S/C19H24N2O4/c1-14-8-5-6-9-15(14)12-16-13-18(23)21(19(16)24)11-7-3-2-4-10-17(22)20-25/h5-6,8-9,12,25H,2-4,7,10-11,13H2,1H3,(H,20,22)/b16-12+. The zero-order chi connectivity index (χ0) is 18.2. The Kier molecular flexibility index (Phi) is 6.89. The molecule has 1 aromatic carbocycles. The Hall–Kier alpha value is -2.47. The van der Waals surface area contributed by atoms with Gasteiger partial charge in [0.25, 0.3) is 5.91 Å². The van der Waals surface area contributed by atoms with Crippen molar-refractivity contribution in [1.29, 1.82) is 0 Å². The van der Waals surface area contributed by atoms with Crippen LogP contribution < -0.4 is 5.48 Å². The summed E-state index contributed by atoms with van der Waals surface area (Å²) in [6, 6.07) is 7.76. The van der Waals surface area contributed by atoms with Gasteiger partial charge < -0.3 is 0 Å². The Morgan fingerprint density at radius 3 is 2.64 bits per heavy atom. The molecule has 0 saturated carbocycles. The third kappa shape index (κ3) is 5.26. The first kappa shape index (κ1) is 18.9. The van der Waals surface area contributed by atoms with E-state index in [0.29, 0.717) is 18.5 Å². The van der Waals surface area contributed by atoms with Crippen LogP contribution in [0.4, 0.5) is 0 Å². The molecule has 1 aliphatic heterocycles. The normalized spacial score (nSPS) is 15.9. The number of hydrogen-bond acceptors (Lipinski definition) is 4. The highest BCUT2D eigenvalue weighted by Crippen LogP contribution is 2.23. The lowest BCUT2D eigenvalue weighted by atomic mass is 10.1. The SMILES string of the molecule is Cc1ccccc1/C=C1\CC(=O)N(CCCCCCC(=O)NO)C1=O. The van der Waals surface area contributed by atoms with Gasteiger partial charge in [-0.25, -0.2) is 5.48 Å². The number of hydroxylamine groups is 1. The van der Waals surface area contributed by atoms with Crippen LogP contribution in [0, 0.1) is 6.92 Å². The van der Waals surface area contributed by atoms with E-state index in [4.69, 9.17) is 5.21 Å². The first-order valence-electron chi connectivity index (χ1n) is 8.56. The summed E-state index contributed by atoms with van der Waals surface area (Å²) in [5, 5.41) is 8.40. The van der Waals surface area contributed by atoms with Crippen molar-refractivity contribution in [3.8, 4) is 0 Å². The van der Waals surface area contributed by atoms with Crippen LogP contribution in [-0.2, 0) is 14.4 Å². The quantitative estimate of drug-likeness (QED) is 0.249. The smallest absolute Gasteiger partial charge is 0.256 e. The molecule has 1 fully saturated rings. The number of likely N-dealkylation sites (tertiary alicyclic amines) is 1. The van der Waals surface area contributed by atoms with Gasteiger partial charge in [-0.2, -0.15) is 0 Å². The molecule has 0 unspecified atom stereocenters. The van der Waals surface area contributed by atoms with E-state index in [0.717, 1.165) is 30.4 Å². The number of aryl methyl sites for hydroxylation is 1. The molecule has 0 radical (unpaired) electrons. The van der Waals surface area contributed by atoms with E-state index in [-0.39, 0.29) is 24.7 Å². The molecule has 2 N–H and O–H groups in total. The van der Waals surface area contributed by atoms with E-state index in [1.807, 2.05) is 37.3 Å². The molecule has 2 rings (SSSR count). The van der Waals surface area contributed by atoms with E-state index in [2.05, 4.69) is 0 Å². The predicted molar refractivity (Wildman–Crippen MR) is 93.5 cm³/mol. The summed E-state index contributed by atoms with van der Waals surface area (Å²) in [4.78, 5) is 36.7. The summed E-state index contributed by atoms with van der Waals surface area (Å²) < 4.78 is 0. The molecule has 1 saturated heterocycles. The molecule has 0 spiro atoms. The summed E-state index contributed by atoms with van der Waals surface area (Å²) in [5.74, 6) is -0.742. The van der Waals surface area contributed by atoms with Gasteiger partial charge >= 0.3 is 0 Å². The number of unbranched alkanes of at least 4 members (excludes halogenated alkanes) is 3. The van der Waals surface area contributed by atoms with Crippen molar-refractivity contribution >= 4 is 23.8 Å². The lowest BCUT2D eigenvalue weighted by Gasteiger charge is -2.13. The summed E-state index contributed by atoms with van der Waals surface area (Å²) in [6.45, 7) is 2.39. The first-order chi connectivity index (χ1) is 12.0. The maximum atomic E-state index is 12.4. The summed E-state index contributed by atoms with van der Waals surface area (Å²) in [6.07, 6.45) is 5.28. The number of rotatable bonds is 8. The molecule has 6 heteroatoms. The number of benzene rings is 1. The minimum Gasteiger partial charge on any atom is -0.289 e. The molecule has 0 bridgehead atoms. The van der Waals surface area contributed by atoms with Crippen LogP contribution in [0.25, 0.3) is 6.08 Å². The fraction of sp³-hybridized carbons (Fsp3) is 0.421. The number of carbonyl (C=O) groups is 3. The van der Waals surface area contributed by atoms with Crippen LogP contribution in [0.5, 0.6) is 0 Å². The number of hydrogen-bond donors (Lipinski definition) is 2. The van der Waals surface area contributed by atoms with E-state index in [9.17, 15) is 14.4 Å². The van der Waals surface area contributed by atoms with Gasteiger partial charge in [-0.3, -0.25) is 24.5 Å². The van der Waals surface area contributed by atoms with Crippen molar-refractivity contribution in [2.45, 2.75) is 45.4 Å². The van der Waals surface area contributed by atoms with Crippen LogP contribution in [0.3, 0.4) is 0 Å². The second-order valence-electron chi connectivity index (χ2n) is 6.25. The Bertz CT molecular complexity index is 682. The van der Waals surface area contributed by atoms with E-state index >= 15 is 0 Å². The Labute approximate surface area is 147 Å². The second-order valence-corrected chi connectivity index (χ2v) is 6.25. The Morgan fingerprint density at radius 2 is 1.92 bits per heavy atom. The Balaban J connectivity index is 1.83. The molecule has 6 nitrogen and oxygen atoms in total. The van der Waals surface area contributed by atoms with Crippen LogP contribution in [0.15, 0.2) is 29.8 Å². The molecule has 134 valence electrons. The molecular weight excluding hydrogens is 320 g/mol. The number of imide groups is 1. The van der Waals surface area contributed by atoms with Gasteiger partial charge in [-0.1, -0.05) is 37.1 Å². The monoisotopic (exact) mass is 344 g/mol. The maximum absolute atomic E-state index is 12.4. The molecule has 0 aliphatic carbocycles. The zero-order valence-corrected chi connectivity index (χ0v) is 14.5. The van der Waals surface area contributed by atoms with E-state index in [1.165, 1.54) is 4.90 Å². The van der Waals surface area contributed by atoms with E-state index in [1.54, 1.807) is 5.48 Å². The molecule has 0 atom stereocenters. The summed E-state index contributed by atoms with van der Waals surface area (Å²) in [7, 11) is 0. The van der Waals surface area contributed by atoms with Gasteiger partial charge in [0.05, 0.1) is 6.42 Å². The third-order valence-corrected chi connectivity index (χ3v) is 4.34. The molecule has 0 aromatic heterocycles. The molecule has 1 aromatic rings. The average Bonchev–Trinajstić information content (AvgIpc) is 2.86. The van der Waals surface area contributed by atoms with Crippen LogP contribution in [0.2, 0.25) is 0 Å². The topological polar surface area (TPSA) is 86.7 Å². The number of nitrogens with zero attached hydrogens (tertiary/aromatic N) is 1. The molecule has 25 heavy (non-hydrogen) atoms. The van der Waals surface area contributed by atoms with Crippen molar-refractivity contribution in [3.63, 3.8) is 0 Å². The average molecular weight is 344 g/mol. The van der Waals surface area contributed by atoms with Crippen molar-refractivity contribution < 1.29 is 19.6 Å². The molecule has 1 aliphatic rings. The number of carbonyl (C=O) groups excluding carboxylic acids is 3. The predicted octanol–water partition coefficient (Wildman–Crippen LogP) is 2.59. The maximum Gasteiger partial charge on any atom is 0.256 e. The fourth-order valence-electron chi connectivity index (χ4n) is 2.86. The minimum atomic E-state index is -0.393. The van der Waals surface area contributed by atoms with Gasteiger partial charge in [0.15, 0.2) is 0 Å². The second kappa shape index (κ2) is 9.13. The van der Waals surface area contributed by atoms with Gasteiger partial charge in [-0.15, -0.1) is 0 Å². The lowest BCUT2D eigenvalue weighted by molar-refractivity contribution is -0.137.